The summed E-state index contributed by atoms with van der Waals surface area (Å²) in [4.78, 5) is 9.06. The maximum Gasteiger partial charge on any atom is 0.217 e. The Hall–Kier alpha value is -1.17. The second kappa shape index (κ2) is 6.52. The third-order valence-electron chi connectivity index (χ3n) is 5.12. The molecule has 2 fully saturated rings. The molecule has 2 aliphatic rings. The van der Waals surface area contributed by atoms with Gasteiger partial charge < -0.3 is 14.4 Å². The van der Waals surface area contributed by atoms with Crippen molar-refractivity contribution in [2.75, 3.05) is 40.9 Å². The van der Waals surface area contributed by atoms with Gasteiger partial charge in [0, 0.05) is 37.4 Å². The minimum atomic E-state index is 0.116. The van der Waals surface area contributed by atoms with E-state index in [0.29, 0.717) is 6.04 Å². The summed E-state index contributed by atoms with van der Waals surface area (Å²) >= 11 is 0. The number of nitrogens with zero attached hydrogens (tertiary/aromatic N) is 3. The summed E-state index contributed by atoms with van der Waals surface area (Å²) in [6.45, 7) is 3.95. The van der Waals surface area contributed by atoms with Crippen molar-refractivity contribution in [1.82, 2.24) is 14.8 Å². The second-order valence-corrected chi connectivity index (χ2v) is 6.76. The van der Waals surface area contributed by atoms with Crippen LogP contribution in [0, 0.1) is 0 Å². The summed E-state index contributed by atoms with van der Waals surface area (Å²) in [5.74, 6) is 0.743. The van der Waals surface area contributed by atoms with Crippen LogP contribution >= 0.6 is 0 Å². The molecule has 2 saturated heterocycles. The molecule has 0 N–H and O–H groups in total. The first kappa shape index (κ1) is 15.7. The van der Waals surface area contributed by atoms with Gasteiger partial charge in [-0.3, -0.25) is 4.90 Å². The Balaban J connectivity index is 1.56. The van der Waals surface area contributed by atoms with Crippen molar-refractivity contribution in [3.8, 4) is 5.88 Å². The van der Waals surface area contributed by atoms with Crippen LogP contribution in [0.3, 0.4) is 0 Å². The largest absolute Gasteiger partial charge is 0.481 e. The average Bonchev–Trinajstić information content (AvgIpc) is 2.95. The highest BCUT2D eigenvalue weighted by Crippen LogP contribution is 2.37. The zero-order chi connectivity index (χ0) is 15.6. The van der Waals surface area contributed by atoms with Gasteiger partial charge in [-0.25, -0.2) is 4.98 Å². The Morgan fingerprint density at radius 2 is 2.18 bits per heavy atom. The Kier molecular flexibility index (Phi) is 4.66. The Morgan fingerprint density at radius 3 is 2.82 bits per heavy atom. The quantitative estimate of drug-likeness (QED) is 0.847. The van der Waals surface area contributed by atoms with Crippen LogP contribution in [0.15, 0.2) is 18.3 Å². The number of piperidine rings is 1. The lowest BCUT2D eigenvalue weighted by Gasteiger charge is -2.39. The number of rotatable bonds is 4. The molecule has 0 aliphatic carbocycles. The minimum absolute atomic E-state index is 0.116. The van der Waals surface area contributed by atoms with Crippen molar-refractivity contribution in [3.63, 3.8) is 0 Å². The lowest BCUT2D eigenvalue weighted by molar-refractivity contribution is -0.0452. The van der Waals surface area contributed by atoms with Crippen molar-refractivity contribution in [3.05, 3.63) is 23.9 Å². The molecule has 1 atom stereocenters. The third kappa shape index (κ3) is 3.26. The van der Waals surface area contributed by atoms with Crippen LogP contribution in [0.2, 0.25) is 0 Å². The van der Waals surface area contributed by atoms with E-state index in [1.807, 2.05) is 6.07 Å². The maximum atomic E-state index is 6.19. The van der Waals surface area contributed by atoms with Crippen molar-refractivity contribution in [2.24, 2.45) is 0 Å². The van der Waals surface area contributed by atoms with Crippen LogP contribution in [0.25, 0.3) is 0 Å². The van der Waals surface area contributed by atoms with Crippen molar-refractivity contribution in [2.45, 2.75) is 37.5 Å². The predicted octanol–water partition coefficient (Wildman–Crippen LogP) is 1.78. The number of pyridine rings is 1. The highest BCUT2D eigenvalue weighted by Gasteiger charge is 2.43. The molecule has 3 heterocycles. The topological polar surface area (TPSA) is 37.8 Å². The fourth-order valence-electron chi connectivity index (χ4n) is 3.59. The molecule has 3 rings (SSSR count). The Labute approximate surface area is 133 Å². The fourth-order valence-corrected chi connectivity index (χ4v) is 3.59. The smallest absolute Gasteiger partial charge is 0.217 e. The molecule has 0 saturated carbocycles. The van der Waals surface area contributed by atoms with E-state index in [2.05, 4.69) is 34.9 Å². The molecule has 1 spiro atoms. The molecule has 2 aliphatic heterocycles. The van der Waals surface area contributed by atoms with Gasteiger partial charge in [0.1, 0.15) is 0 Å². The van der Waals surface area contributed by atoms with Crippen LogP contribution in [-0.2, 0) is 11.3 Å². The summed E-state index contributed by atoms with van der Waals surface area (Å²) in [6, 6.07) is 4.65. The van der Waals surface area contributed by atoms with Gasteiger partial charge >= 0.3 is 0 Å². The Bertz CT molecular complexity index is 498. The van der Waals surface area contributed by atoms with Crippen LogP contribution in [0.1, 0.15) is 24.8 Å². The van der Waals surface area contributed by atoms with E-state index in [1.54, 1.807) is 13.3 Å². The molecule has 0 bridgehead atoms. The first-order chi connectivity index (χ1) is 10.6. The number of methoxy groups -OCH3 is 1. The molecule has 0 amide bonds. The molecule has 5 nitrogen and oxygen atoms in total. The number of aromatic nitrogens is 1. The standard InChI is InChI=1S/C17H27N3O2/c1-19(2)15-11-17(22-13-15)6-9-20(10-7-17)12-14-5-4-8-18-16(14)21-3/h4-5,8,15H,6-7,9-13H2,1-3H3. The number of ether oxygens (including phenoxy) is 2. The molecule has 1 aromatic heterocycles. The SMILES string of the molecule is COc1ncccc1CN1CCC2(CC1)CC(N(C)C)CO2. The lowest BCUT2D eigenvalue weighted by atomic mass is 9.87. The van der Waals surface area contributed by atoms with E-state index in [4.69, 9.17) is 9.47 Å². The van der Waals surface area contributed by atoms with Gasteiger partial charge in [0.15, 0.2) is 0 Å². The van der Waals surface area contributed by atoms with Crippen LogP contribution < -0.4 is 4.74 Å². The van der Waals surface area contributed by atoms with E-state index in [1.165, 1.54) is 12.0 Å². The van der Waals surface area contributed by atoms with Gasteiger partial charge in [0.25, 0.3) is 0 Å². The first-order valence-corrected chi connectivity index (χ1v) is 8.12. The van der Waals surface area contributed by atoms with Crippen molar-refractivity contribution < 1.29 is 9.47 Å². The van der Waals surface area contributed by atoms with Gasteiger partial charge in [0.2, 0.25) is 5.88 Å². The van der Waals surface area contributed by atoms with E-state index < -0.39 is 0 Å². The van der Waals surface area contributed by atoms with Gasteiger partial charge in [-0.15, -0.1) is 0 Å². The summed E-state index contributed by atoms with van der Waals surface area (Å²) < 4.78 is 11.5. The molecule has 1 aromatic rings. The second-order valence-electron chi connectivity index (χ2n) is 6.76. The predicted molar refractivity (Wildman–Crippen MR) is 86.1 cm³/mol. The van der Waals surface area contributed by atoms with E-state index in [-0.39, 0.29) is 5.60 Å². The third-order valence-corrected chi connectivity index (χ3v) is 5.12. The van der Waals surface area contributed by atoms with Crippen LogP contribution in [0.4, 0.5) is 0 Å². The molecule has 22 heavy (non-hydrogen) atoms. The van der Waals surface area contributed by atoms with Gasteiger partial charge in [-0.05, 0) is 39.4 Å². The zero-order valence-corrected chi connectivity index (χ0v) is 13.9. The molecule has 0 aromatic carbocycles. The highest BCUT2D eigenvalue weighted by molar-refractivity contribution is 5.25. The van der Waals surface area contributed by atoms with Crippen LogP contribution in [0.5, 0.6) is 5.88 Å². The van der Waals surface area contributed by atoms with E-state index in [9.17, 15) is 0 Å². The van der Waals surface area contributed by atoms with E-state index in [0.717, 1.165) is 45.0 Å². The van der Waals surface area contributed by atoms with Crippen LogP contribution in [-0.4, -0.2) is 67.3 Å². The summed E-state index contributed by atoms with van der Waals surface area (Å²) in [6.07, 6.45) is 5.20. The van der Waals surface area contributed by atoms with Gasteiger partial charge in [-0.1, -0.05) is 6.07 Å². The first-order valence-electron chi connectivity index (χ1n) is 8.12. The molecular formula is C17H27N3O2. The Morgan fingerprint density at radius 1 is 1.41 bits per heavy atom. The van der Waals surface area contributed by atoms with Gasteiger partial charge in [-0.2, -0.15) is 0 Å². The summed E-state index contributed by atoms with van der Waals surface area (Å²) in [5.41, 5.74) is 1.28. The summed E-state index contributed by atoms with van der Waals surface area (Å²) in [7, 11) is 5.98. The minimum Gasteiger partial charge on any atom is -0.481 e. The van der Waals surface area contributed by atoms with Crippen molar-refractivity contribution >= 4 is 0 Å². The normalized spacial score (nSPS) is 25.0. The number of likely N-dealkylation sites (N-methyl/N-ethyl adjacent to an activating group) is 1. The lowest BCUT2D eigenvalue weighted by Crippen LogP contribution is -2.44. The molecular weight excluding hydrogens is 278 g/mol. The molecule has 122 valence electrons. The number of likely N-dealkylation sites (tertiary alicyclic amines) is 1. The molecule has 0 radical (unpaired) electrons. The van der Waals surface area contributed by atoms with E-state index >= 15 is 0 Å². The van der Waals surface area contributed by atoms with Crippen molar-refractivity contribution in [1.29, 1.82) is 0 Å². The monoisotopic (exact) mass is 305 g/mol. The van der Waals surface area contributed by atoms with Gasteiger partial charge in [0.05, 0.1) is 19.3 Å². The molecule has 5 heteroatoms. The fraction of sp³-hybridized carbons (Fsp3) is 0.706. The highest BCUT2D eigenvalue weighted by atomic mass is 16.5. The number of hydrogen-bond donors (Lipinski definition) is 0. The molecule has 1 unspecified atom stereocenters. The number of hydrogen-bond acceptors (Lipinski definition) is 5. The zero-order valence-electron chi connectivity index (χ0n) is 13.9. The summed E-state index contributed by atoms with van der Waals surface area (Å²) in [5, 5.41) is 0. The maximum absolute atomic E-state index is 6.19. The average molecular weight is 305 g/mol.